The summed E-state index contributed by atoms with van der Waals surface area (Å²) >= 11 is 9.88. The Morgan fingerprint density at radius 2 is 0.743 bits per heavy atom. The number of hydrogen-bond donors (Lipinski definition) is 6. The van der Waals surface area contributed by atoms with Crippen LogP contribution in [0, 0.1) is 71.3 Å². The Labute approximate surface area is 647 Å². The predicted octanol–water partition coefficient (Wildman–Crippen LogP) is 11.7. The number of fused-ring (bicyclic) bond motifs is 9. The molecule has 3 aliphatic carbocycles. The van der Waals surface area contributed by atoms with Crippen molar-refractivity contribution < 1.29 is 59.1 Å². The second-order valence-electron chi connectivity index (χ2n) is 29.3. The van der Waals surface area contributed by atoms with Gasteiger partial charge in [-0.3, -0.25) is 0 Å². The fourth-order valence-electron chi connectivity index (χ4n) is 19.2. The van der Waals surface area contributed by atoms with Gasteiger partial charge in [0.2, 0.25) is 5.88 Å². The predicted molar refractivity (Wildman–Crippen MR) is 410 cm³/mol. The molecule has 560 valence electrons. The average Bonchev–Trinajstić information content (AvgIpc) is 1.51. The van der Waals surface area contributed by atoms with Gasteiger partial charge in [-0.1, -0.05) is 178 Å². The first-order valence-corrected chi connectivity index (χ1v) is 36.8. The van der Waals surface area contributed by atoms with E-state index >= 15 is 0 Å². The molecule has 0 bridgehead atoms. The van der Waals surface area contributed by atoms with Crippen molar-refractivity contribution in [2.45, 2.75) is 51.4 Å². The third-order valence-electron chi connectivity index (χ3n) is 23.0. The number of aliphatic hydroxyl groups excluding tert-OH is 3. The Kier molecular flexibility index (Phi) is 21.5. The van der Waals surface area contributed by atoms with Crippen molar-refractivity contribution in [1.82, 2.24) is 29.7 Å². The lowest BCUT2D eigenvalue weighted by Gasteiger charge is -2.42. The highest BCUT2D eigenvalue weighted by molar-refractivity contribution is 9.10. The number of nitriles is 2. The normalized spacial score (nSPS) is 28.1. The molecule has 24 heteroatoms. The van der Waals surface area contributed by atoms with Crippen LogP contribution in [0.1, 0.15) is 79.0 Å². The molecule has 6 N–H and O–H groups in total. The third kappa shape index (κ3) is 12.0. The minimum atomic E-state index is -1.69. The second kappa shape index (κ2) is 30.4. The van der Waals surface area contributed by atoms with Gasteiger partial charge in [0.1, 0.15) is 50.3 Å². The molecule has 9 aromatic rings. The van der Waals surface area contributed by atoms with Crippen molar-refractivity contribution in [3.8, 4) is 47.0 Å². The van der Waals surface area contributed by atoms with Gasteiger partial charge in [0.15, 0.2) is 16.8 Å². The number of methoxy groups -OCH3 is 3. The van der Waals surface area contributed by atoms with Crippen LogP contribution < -0.4 is 28.4 Å². The van der Waals surface area contributed by atoms with Gasteiger partial charge in [0, 0.05) is 115 Å². The molecule has 0 unspecified atom stereocenters. The summed E-state index contributed by atoms with van der Waals surface area (Å²) in [6.07, 6.45) is 0. The van der Waals surface area contributed by atoms with Crippen molar-refractivity contribution in [3.63, 3.8) is 0 Å². The maximum atomic E-state index is 13.1. The average molecular weight is 1550 g/mol. The summed E-state index contributed by atoms with van der Waals surface area (Å²) in [7, 11) is 16.0. The minimum Gasteiger partial charge on any atom is -0.481 e. The Morgan fingerprint density at radius 3 is 1.01 bits per heavy atom. The van der Waals surface area contributed by atoms with E-state index in [2.05, 4.69) is 52.7 Å². The summed E-state index contributed by atoms with van der Waals surface area (Å²) in [6.45, 7) is 16.0. The molecular formula is C85H84BrClN10O12. The monoisotopic (exact) mass is 1550 g/mol. The number of benzene rings is 6. The maximum Gasteiger partial charge on any atom is 0.319 e. The molecule has 6 aromatic carbocycles. The van der Waals surface area contributed by atoms with E-state index < -0.39 is 75.0 Å². The number of hydrogen-bond acceptors (Lipinski definition) is 20. The molecule has 0 saturated heterocycles. The SMILES string of the molecule is COc1nc(Cl)cc2c1[C@]1(O)[C@@H](CN(C)C)[C@H](CO)[C@@H](c3ccccc3)[C@]1(c1ccc(Br)cc1)O2.[C-]#[N+]c1cc2c(c(OC)n1)[C@]1(O)[C@@H](CN(C)C)[C@H](CO)[C@@H](c3ccccc3)[C@]1(c1ccc(C#N)cc1)O2.[C-]#[N+]c1cc2c(c(OC)n1)[C@]1(O)[C@@H](CN(C)C)[C@H](CO)[C@@H](c3ccccc3)[C@]1(c1ccc(C#N)cc1)O2. The molecular weight excluding hydrogens is 1470 g/mol. The van der Waals surface area contributed by atoms with Crippen molar-refractivity contribution in [3.05, 3.63) is 276 Å². The Hall–Kier alpha value is -10.1. The first kappa shape index (κ1) is 77.1. The largest absolute Gasteiger partial charge is 0.481 e. The van der Waals surface area contributed by atoms with Gasteiger partial charge in [-0.25, -0.2) is 4.98 Å². The van der Waals surface area contributed by atoms with E-state index in [1.807, 2.05) is 172 Å². The summed E-state index contributed by atoms with van der Waals surface area (Å²) < 4.78 is 38.4. The first-order valence-electron chi connectivity index (χ1n) is 35.6. The number of ether oxygens (including phenoxy) is 6. The zero-order chi connectivity index (χ0) is 77.7. The molecule has 6 aliphatic rings. The van der Waals surface area contributed by atoms with E-state index in [1.54, 1.807) is 54.6 Å². The quantitative estimate of drug-likeness (QED) is 0.0344. The van der Waals surface area contributed by atoms with Crippen LogP contribution in [0.15, 0.2) is 186 Å². The van der Waals surface area contributed by atoms with Gasteiger partial charge >= 0.3 is 11.8 Å². The van der Waals surface area contributed by atoms with Gasteiger partial charge in [-0.15, -0.1) is 0 Å². The van der Waals surface area contributed by atoms with Crippen LogP contribution in [0.4, 0.5) is 11.6 Å². The van der Waals surface area contributed by atoms with Crippen LogP contribution in [0.5, 0.6) is 34.9 Å². The topological polar surface area (TPSA) is 281 Å². The van der Waals surface area contributed by atoms with Crippen LogP contribution in [0.2, 0.25) is 5.15 Å². The Morgan fingerprint density at radius 1 is 0.459 bits per heavy atom. The number of pyridine rings is 3. The summed E-state index contributed by atoms with van der Waals surface area (Å²) in [5.74, 6) is -2.11. The molecule has 3 aliphatic heterocycles. The van der Waals surface area contributed by atoms with Gasteiger partial charge < -0.3 is 83.5 Å². The van der Waals surface area contributed by atoms with Crippen molar-refractivity contribution >= 4 is 39.2 Å². The van der Waals surface area contributed by atoms with E-state index in [0.29, 0.717) is 75.8 Å². The summed E-state index contributed by atoms with van der Waals surface area (Å²) in [6, 6.07) is 60.2. The lowest BCUT2D eigenvalue weighted by atomic mass is 9.70. The lowest BCUT2D eigenvalue weighted by Crippen LogP contribution is -2.52. The van der Waals surface area contributed by atoms with E-state index in [0.717, 1.165) is 26.7 Å². The molecule has 15 atom stereocenters. The van der Waals surface area contributed by atoms with Crippen molar-refractivity contribution in [1.29, 1.82) is 10.5 Å². The van der Waals surface area contributed by atoms with Crippen molar-refractivity contribution in [2.75, 3.05) is 103 Å². The number of nitrogens with zero attached hydrogens (tertiary/aromatic N) is 10. The fraction of sp³-hybridized carbons (Fsp3) is 0.353. The van der Waals surface area contributed by atoms with Crippen LogP contribution in [-0.4, -0.2) is 163 Å². The van der Waals surface area contributed by atoms with Crippen LogP contribution >= 0.6 is 27.5 Å². The summed E-state index contributed by atoms with van der Waals surface area (Å²) in [5.41, 5.74) is -1.94. The number of rotatable bonds is 18. The van der Waals surface area contributed by atoms with Gasteiger partial charge in [-0.05, 0) is 112 Å². The van der Waals surface area contributed by atoms with Gasteiger partial charge in [0.05, 0.1) is 50.2 Å². The van der Waals surface area contributed by atoms with E-state index in [4.69, 9.17) is 53.2 Å². The number of halogens is 2. The highest BCUT2D eigenvalue weighted by Crippen LogP contribution is 2.75. The highest BCUT2D eigenvalue weighted by atomic mass is 79.9. The zero-order valence-corrected chi connectivity index (χ0v) is 64.0. The van der Waals surface area contributed by atoms with Crippen LogP contribution in [-0.2, 0) is 33.6 Å². The van der Waals surface area contributed by atoms with E-state index in [1.165, 1.54) is 33.5 Å². The molecule has 0 radical (unpaired) electrons. The van der Waals surface area contributed by atoms with E-state index in [-0.39, 0.29) is 66.1 Å². The Balaban J connectivity index is 0.000000144. The van der Waals surface area contributed by atoms with Crippen LogP contribution in [0.25, 0.3) is 9.69 Å². The fourth-order valence-corrected chi connectivity index (χ4v) is 19.6. The van der Waals surface area contributed by atoms with Gasteiger partial charge in [-0.2, -0.15) is 10.5 Å². The molecule has 3 fully saturated rings. The smallest absolute Gasteiger partial charge is 0.319 e. The standard InChI is InChI=1S/2C29H28N4O4.C27H28BrClN2O4/c2*1-31-24-14-23-26(27(32-24)36-4)28(35)22(16-33(2)3)21(17-34)25(19-8-6-5-7-9-19)29(28,37-23)20-12-10-18(15-30)11-13-20;1-31(2)14-20-19(15-32)23(16-7-5-4-6-8-16)27(17-9-11-18(28)12-10-17)26(20,33)24-21(35-27)13-22(29)30-25(24)34-3/h2*5-14,21-22,25,34-35H,16-17H2,2-4H3;4-13,19-20,23,32-33H,14-15H2,1-3H3/t2*21-,22-,25+,28+,29-;19-,20-,23+,26+,27-/m000/s1. The molecule has 0 amide bonds. The lowest BCUT2D eigenvalue weighted by molar-refractivity contribution is -0.131. The first-order chi connectivity index (χ1) is 52.5. The molecule has 15 rings (SSSR count). The Bertz CT molecular complexity index is 4800. The molecule has 6 heterocycles. The summed E-state index contributed by atoms with van der Waals surface area (Å²) in [5, 5.41) is 90.8. The maximum absolute atomic E-state index is 13.1. The second-order valence-corrected chi connectivity index (χ2v) is 30.6. The molecule has 109 heavy (non-hydrogen) atoms. The molecule has 22 nitrogen and oxygen atoms in total. The van der Waals surface area contributed by atoms with Gasteiger partial charge in [0.25, 0.3) is 11.6 Å². The number of aromatic nitrogens is 3. The highest BCUT2D eigenvalue weighted by Gasteiger charge is 2.80. The molecule has 3 aromatic heterocycles. The summed E-state index contributed by atoms with van der Waals surface area (Å²) in [4.78, 5) is 26.1. The zero-order valence-electron chi connectivity index (χ0n) is 61.6. The number of aliphatic hydroxyl groups is 6. The third-order valence-corrected chi connectivity index (χ3v) is 23.7. The molecule has 0 spiro atoms. The minimum absolute atomic E-state index is 0.0910. The molecule has 3 saturated carbocycles. The van der Waals surface area contributed by atoms with Crippen molar-refractivity contribution in [2.24, 2.45) is 35.5 Å². The van der Waals surface area contributed by atoms with E-state index in [9.17, 15) is 41.2 Å². The van der Waals surface area contributed by atoms with Crippen LogP contribution in [0.3, 0.4) is 0 Å².